The van der Waals surface area contributed by atoms with Crippen molar-refractivity contribution in [2.75, 3.05) is 33.2 Å². The van der Waals surface area contributed by atoms with E-state index in [-0.39, 0.29) is 24.8 Å². The number of hydrogen-bond acceptors (Lipinski definition) is 5. The van der Waals surface area contributed by atoms with Gasteiger partial charge in [0, 0.05) is 17.8 Å². The molecule has 2 amide bonds. The van der Waals surface area contributed by atoms with Gasteiger partial charge < -0.3 is 24.4 Å². The van der Waals surface area contributed by atoms with Crippen LogP contribution < -0.4 is 19.5 Å². The van der Waals surface area contributed by atoms with Crippen LogP contribution in [0.4, 0.5) is 5.69 Å². The lowest BCUT2D eigenvalue weighted by Gasteiger charge is -2.32. The maximum atomic E-state index is 14.0. The minimum atomic E-state index is -0.980. The monoisotopic (exact) mass is 548 g/mol. The average Bonchev–Trinajstić information content (AvgIpc) is 2.96. The normalized spacial score (nSPS) is 12.1. The zero-order valence-electron chi connectivity index (χ0n) is 22.5. The van der Waals surface area contributed by atoms with Crippen LogP contribution in [0.25, 0.3) is 0 Å². The smallest absolute Gasteiger partial charge is 0.251 e. The van der Waals surface area contributed by atoms with Crippen LogP contribution in [0.5, 0.6) is 17.2 Å². The van der Waals surface area contributed by atoms with Crippen molar-refractivity contribution in [3.05, 3.63) is 107 Å². The molecule has 7 nitrogen and oxygen atoms in total. The molecule has 3 aromatic rings. The van der Waals surface area contributed by atoms with Crippen molar-refractivity contribution in [2.45, 2.75) is 19.4 Å². The number of allylic oxidation sites excluding steroid dienone is 2. The summed E-state index contributed by atoms with van der Waals surface area (Å²) in [5, 5.41) is 2.96. The van der Waals surface area contributed by atoms with Gasteiger partial charge in [0.1, 0.15) is 11.8 Å². The Morgan fingerprint density at radius 3 is 2.23 bits per heavy atom. The summed E-state index contributed by atoms with van der Waals surface area (Å²) in [7, 11) is 4.64. The first-order valence-electron chi connectivity index (χ1n) is 12.3. The molecule has 1 N–H and O–H groups in total. The predicted molar refractivity (Wildman–Crippen MR) is 155 cm³/mol. The van der Waals surface area contributed by atoms with E-state index in [0.29, 0.717) is 28.5 Å². The van der Waals surface area contributed by atoms with Crippen molar-refractivity contribution in [3.8, 4) is 17.2 Å². The van der Waals surface area contributed by atoms with Crippen molar-refractivity contribution in [2.24, 2.45) is 0 Å². The molecule has 0 spiro atoms. The number of nitrogens with one attached hydrogen (secondary N) is 1. The maximum Gasteiger partial charge on any atom is 0.251 e. The Hall–Kier alpha value is -4.23. The van der Waals surface area contributed by atoms with E-state index in [1.165, 1.54) is 12.6 Å². The summed E-state index contributed by atoms with van der Waals surface area (Å²) < 4.78 is 16.1. The summed E-state index contributed by atoms with van der Waals surface area (Å²) in [4.78, 5) is 29.4. The van der Waals surface area contributed by atoms with Gasteiger partial charge in [0.15, 0.2) is 11.5 Å². The van der Waals surface area contributed by atoms with Crippen molar-refractivity contribution in [1.82, 2.24) is 4.90 Å². The number of nitrogens with zero attached hydrogens (tertiary/aromatic N) is 1. The minimum absolute atomic E-state index is 0.124. The Balaban J connectivity index is 2.09. The lowest BCUT2D eigenvalue weighted by molar-refractivity contribution is -0.138. The largest absolute Gasteiger partial charge is 0.497 e. The van der Waals surface area contributed by atoms with Gasteiger partial charge in [0.25, 0.3) is 5.91 Å². The number of methoxy groups -OCH3 is 3. The first-order valence-corrected chi connectivity index (χ1v) is 12.8. The number of amides is 2. The highest BCUT2D eigenvalue weighted by Crippen LogP contribution is 2.33. The van der Waals surface area contributed by atoms with Crippen LogP contribution in [0.3, 0.4) is 0 Å². The van der Waals surface area contributed by atoms with Gasteiger partial charge in [-0.1, -0.05) is 65.7 Å². The molecule has 0 aliphatic heterocycles. The molecule has 39 heavy (non-hydrogen) atoms. The highest BCUT2D eigenvalue weighted by molar-refractivity contribution is 6.25. The molecular weight excluding hydrogens is 516 g/mol. The molecular formula is C31H33ClN2O5. The Labute approximate surface area is 234 Å². The van der Waals surface area contributed by atoms with Gasteiger partial charge in [-0.15, -0.1) is 0 Å². The van der Waals surface area contributed by atoms with Crippen molar-refractivity contribution in [3.63, 3.8) is 0 Å². The molecule has 1 unspecified atom stereocenters. The number of rotatable bonds is 12. The van der Waals surface area contributed by atoms with Gasteiger partial charge in [0.2, 0.25) is 5.91 Å². The van der Waals surface area contributed by atoms with Gasteiger partial charge in [0.05, 0.1) is 27.8 Å². The van der Waals surface area contributed by atoms with E-state index in [0.717, 1.165) is 11.1 Å². The Morgan fingerprint density at radius 1 is 0.923 bits per heavy atom. The molecule has 0 bridgehead atoms. The average molecular weight is 549 g/mol. The van der Waals surface area contributed by atoms with Crippen LogP contribution in [0, 0.1) is 0 Å². The number of carbonyl (C=O) groups excluding carboxylic acids is 2. The molecule has 0 heterocycles. The Bertz CT molecular complexity index is 1310. The van der Waals surface area contributed by atoms with Gasteiger partial charge >= 0.3 is 0 Å². The molecule has 0 aliphatic rings. The third-order valence-electron chi connectivity index (χ3n) is 6.03. The van der Waals surface area contributed by atoms with E-state index in [4.69, 9.17) is 25.8 Å². The van der Waals surface area contributed by atoms with E-state index in [1.54, 1.807) is 67.7 Å². The fraction of sp³-hybridized carbons (Fsp3) is 0.226. The second kappa shape index (κ2) is 14.6. The van der Waals surface area contributed by atoms with Crippen LogP contribution in [0.15, 0.2) is 96.1 Å². The maximum absolute atomic E-state index is 14.0. The number of ether oxygens (including phenoxy) is 3. The second-order valence-electron chi connectivity index (χ2n) is 8.75. The molecule has 1 atom stereocenters. The van der Waals surface area contributed by atoms with Crippen molar-refractivity contribution in [1.29, 1.82) is 0 Å². The fourth-order valence-corrected chi connectivity index (χ4v) is 4.17. The third-order valence-corrected chi connectivity index (χ3v) is 6.18. The number of anilines is 1. The second-order valence-corrected chi connectivity index (χ2v) is 9.00. The number of halogens is 1. The minimum Gasteiger partial charge on any atom is -0.497 e. The topological polar surface area (TPSA) is 77.1 Å². The van der Waals surface area contributed by atoms with Crippen LogP contribution in [0.2, 0.25) is 0 Å². The quantitative estimate of drug-likeness (QED) is 0.274. The number of benzene rings is 3. The molecule has 204 valence electrons. The summed E-state index contributed by atoms with van der Waals surface area (Å²) >= 11 is 5.73. The molecule has 0 saturated carbocycles. The highest BCUT2D eigenvalue weighted by atomic mass is 35.5. The zero-order valence-corrected chi connectivity index (χ0v) is 23.3. The van der Waals surface area contributed by atoms with E-state index in [1.807, 2.05) is 43.3 Å². The first kappa shape index (κ1) is 29.3. The summed E-state index contributed by atoms with van der Waals surface area (Å²) in [5.41, 5.74) is 4.22. The Morgan fingerprint density at radius 2 is 1.62 bits per heavy atom. The van der Waals surface area contributed by atoms with Gasteiger partial charge in [-0.05, 0) is 54.4 Å². The Kier molecular flexibility index (Phi) is 11.0. The first-order chi connectivity index (χ1) is 18.9. The summed E-state index contributed by atoms with van der Waals surface area (Å²) in [6.07, 6.45) is 3.61. The predicted octanol–water partition coefficient (Wildman–Crippen LogP) is 6.16. The van der Waals surface area contributed by atoms with Gasteiger partial charge in [-0.3, -0.25) is 9.59 Å². The standard InChI is InChI=1S/C31H33ClN2O5/c1-22(9-8-18-32)21-34(29(35)19-23-10-6-5-7-11-23)30(24-12-17-27(38-3)28(20-24)39-4)31(36)33-25-13-15-26(37-2)16-14-25/h5-18,20,30H,19,21H2,1-4H3,(H,33,36)/b18-8+,22-9+. The number of hydrogen-bond donors (Lipinski definition) is 1. The van der Waals surface area contributed by atoms with Crippen molar-refractivity contribution < 1.29 is 23.8 Å². The van der Waals surface area contributed by atoms with Crippen LogP contribution in [-0.2, 0) is 16.0 Å². The van der Waals surface area contributed by atoms with Crippen LogP contribution in [0.1, 0.15) is 24.1 Å². The van der Waals surface area contributed by atoms with Gasteiger partial charge in [-0.2, -0.15) is 0 Å². The van der Waals surface area contributed by atoms with Crippen LogP contribution >= 0.6 is 11.6 Å². The van der Waals surface area contributed by atoms with E-state index < -0.39 is 6.04 Å². The zero-order chi connectivity index (χ0) is 28.2. The SMILES string of the molecule is COc1ccc(NC(=O)C(c2ccc(OC)c(OC)c2)N(C/C(C)=C/C=C/Cl)C(=O)Cc2ccccc2)cc1. The fourth-order valence-electron chi connectivity index (χ4n) is 4.10. The van der Waals surface area contributed by atoms with Crippen molar-refractivity contribution >= 4 is 29.1 Å². The third kappa shape index (κ3) is 8.12. The van der Waals surface area contributed by atoms with Gasteiger partial charge in [-0.25, -0.2) is 0 Å². The summed E-state index contributed by atoms with van der Waals surface area (Å²) in [6, 6.07) is 20.7. The molecule has 0 saturated heterocycles. The molecule has 0 aliphatic carbocycles. The lowest BCUT2D eigenvalue weighted by Crippen LogP contribution is -2.43. The molecule has 0 aromatic heterocycles. The molecule has 3 rings (SSSR count). The molecule has 3 aromatic carbocycles. The van der Waals surface area contributed by atoms with E-state index >= 15 is 0 Å². The molecule has 8 heteroatoms. The van der Waals surface area contributed by atoms with E-state index in [2.05, 4.69) is 5.32 Å². The van der Waals surface area contributed by atoms with E-state index in [9.17, 15) is 9.59 Å². The highest BCUT2D eigenvalue weighted by Gasteiger charge is 2.32. The lowest BCUT2D eigenvalue weighted by atomic mass is 10.0. The molecule has 0 fully saturated rings. The summed E-state index contributed by atoms with van der Waals surface area (Å²) in [6.45, 7) is 2.08. The van der Waals surface area contributed by atoms with Crippen LogP contribution in [-0.4, -0.2) is 44.6 Å². The number of carbonyl (C=O) groups is 2. The molecule has 0 radical (unpaired) electrons. The summed E-state index contributed by atoms with van der Waals surface area (Å²) in [5.74, 6) is 1.03.